The Morgan fingerprint density at radius 2 is 0.963 bits per heavy atom. The molecule has 0 radical (unpaired) electrons. The first kappa shape index (κ1) is 25.2. The Morgan fingerprint density at radius 1 is 0.667 bits per heavy atom. The van der Waals surface area contributed by atoms with E-state index in [9.17, 15) is 30.0 Å². The average Bonchev–Trinajstić information content (AvgIpc) is 2.66. The molecule has 0 aliphatic rings. The number of ether oxygens (including phenoxy) is 3. The lowest BCUT2D eigenvalue weighted by molar-refractivity contribution is -0.141. The van der Waals surface area contributed by atoms with Crippen LogP contribution in [0.4, 0.5) is 0 Å². The van der Waals surface area contributed by atoms with Crippen molar-refractivity contribution in [1.29, 1.82) is 0 Å². The van der Waals surface area contributed by atoms with Gasteiger partial charge in [-0.3, -0.25) is 0 Å². The molecule has 156 valence electrons. The molecule has 4 unspecified atom stereocenters. The van der Waals surface area contributed by atoms with Gasteiger partial charge < -0.3 is 34.6 Å². The zero-order chi connectivity index (χ0) is 20.7. The minimum absolute atomic E-state index is 0.0320. The summed E-state index contributed by atoms with van der Waals surface area (Å²) >= 11 is 0. The van der Waals surface area contributed by atoms with Gasteiger partial charge in [-0.25, -0.2) is 9.59 Å². The van der Waals surface area contributed by atoms with E-state index in [1.807, 2.05) is 0 Å². The van der Waals surface area contributed by atoms with Crippen LogP contribution in [0.1, 0.15) is 25.7 Å². The Kier molecular flexibility index (Phi) is 14.3. The van der Waals surface area contributed by atoms with E-state index in [-0.39, 0.29) is 52.1 Å². The molecule has 0 aromatic rings. The number of aliphatic hydroxyl groups is 4. The Bertz CT molecular complexity index is 412. The van der Waals surface area contributed by atoms with E-state index in [1.165, 1.54) is 0 Å². The summed E-state index contributed by atoms with van der Waals surface area (Å²) in [6, 6.07) is 0. The summed E-state index contributed by atoms with van der Waals surface area (Å²) in [7, 11) is 0. The number of rotatable bonds is 16. The van der Waals surface area contributed by atoms with Gasteiger partial charge in [0.1, 0.15) is 13.2 Å². The third kappa shape index (κ3) is 15.0. The molecule has 0 heterocycles. The first-order chi connectivity index (χ1) is 12.8. The largest absolute Gasteiger partial charge is 0.460 e. The van der Waals surface area contributed by atoms with Gasteiger partial charge in [-0.1, -0.05) is 13.2 Å². The second kappa shape index (κ2) is 15.3. The normalized spacial score (nSPS) is 15.3. The second-order valence-electron chi connectivity index (χ2n) is 5.98. The quantitative estimate of drug-likeness (QED) is 0.202. The summed E-state index contributed by atoms with van der Waals surface area (Å²) in [5.74, 6) is -1.26. The zero-order valence-electron chi connectivity index (χ0n) is 15.4. The van der Waals surface area contributed by atoms with Gasteiger partial charge in [0.15, 0.2) is 0 Å². The Hall–Kier alpha value is -1.78. The molecule has 9 nitrogen and oxygen atoms in total. The molecule has 0 rings (SSSR count). The van der Waals surface area contributed by atoms with Gasteiger partial charge >= 0.3 is 11.9 Å². The Balaban J connectivity index is 3.73. The molecule has 0 bridgehead atoms. The molecule has 0 amide bonds. The van der Waals surface area contributed by atoms with Gasteiger partial charge in [0.2, 0.25) is 0 Å². The predicted molar refractivity (Wildman–Crippen MR) is 95.6 cm³/mol. The molecule has 0 aliphatic heterocycles. The Morgan fingerprint density at radius 3 is 1.26 bits per heavy atom. The molecule has 27 heavy (non-hydrogen) atoms. The number of esters is 2. The van der Waals surface area contributed by atoms with E-state index in [2.05, 4.69) is 22.6 Å². The van der Waals surface area contributed by atoms with Crippen LogP contribution in [0, 0.1) is 0 Å². The van der Waals surface area contributed by atoms with Crippen molar-refractivity contribution in [2.75, 3.05) is 26.4 Å². The molecular formula is C18H30O9. The number of carbonyl (C=O) groups excluding carboxylic acids is 2. The summed E-state index contributed by atoms with van der Waals surface area (Å²) in [4.78, 5) is 21.7. The molecular weight excluding hydrogens is 360 g/mol. The predicted octanol–water partition coefficient (Wildman–Crippen LogP) is -0.535. The molecule has 0 aliphatic carbocycles. The minimum Gasteiger partial charge on any atom is -0.460 e. The van der Waals surface area contributed by atoms with Gasteiger partial charge in [-0.05, 0) is 25.7 Å². The molecule has 4 N–H and O–H groups in total. The molecule has 0 spiro atoms. The van der Waals surface area contributed by atoms with Crippen LogP contribution in [-0.4, -0.2) is 83.2 Å². The monoisotopic (exact) mass is 390 g/mol. The maximum atomic E-state index is 10.8. The van der Waals surface area contributed by atoms with Crippen molar-refractivity contribution in [2.24, 2.45) is 0 Å². The van der Waals surface area contributed by atoms with Gasteiger partial charge in [0.25, 0.3) is 0 Å². The highest BCUT2D eigenvalue weighted by Crippen LogP contribution is 2.06. The SMILES string of the molecule is C=CC(=O)OCC(O)CCC(O)COCC(O)CCC(O)COC(=O)C=C. The summed E-state index contributed by atoms with van der Waals surface area (Å²) in [5.41, 5.74) is 0. The van der Waals surface area contributed by atoms with Crippen LogP contribution in [-0.2, 0) is 23.8 Å². The van der Waals surface area contributed by atoms with Gasteiger partial charge in [-0.2, -0.15) is 0 Å². The molecule has 0 aromatic heterocycles. The van der Waals surface area contributed by atoms with Gasteiger partial charge in [-0.15, -0.1) is 0 Å². The molecule has 0 saturated carbocycles. The first-order valence-corrected chi connectivity index (χ1v) is 8.66. The highest BCUT2D eigenvalue weighted by molar-refractivity contribution is 5.81. The number of aliphatic hydroxyl groups excluding tert-OH is 4. The summed E-state index contributed by atoms with van der Waals surface area (Å²) in [6.45, 7) is 6.04. The molecule has 0 saturated heterocycles. The molecule has 9 heteroatoms. The van der Waals surface area contributed by atoms with Crippen molar-refractivity contribution < 1.29 is 44.2 Å². The summed E-state index contributed by atoms with van der Waals surface area (Å²) in [5, 5.41) is 38.7. The van der Waals surface area contributed by atoms with E-state index in [0.717, 1.165) is 12.2 Å². The summed E-state index contributed by atoms with van der Waals surface area (Å²) in [6.07, 6.45) is -0.596. The van der Waals surface area contributed by atoms with Crippen molar-refractivity contribution in [3.05, 3.63) is 25.3 Å². The number of carbonyl (C=O) groups is 2. The number of hydrogen-bond donors (Lipinski definition) is 4. The van der Waals surface area contributed by atoms with Crippen molar-refractivity contribution in [3.63, 3.8) is 0 Å². The second-order valence-corrected chi connectivity index (χ2v) is 5.98. The standard InChI is InChI=1S/C18H30O9/c1-3-17(23)26-11-15(21)7-5-13(19)9-25-10-14(20)6-8-16(22)12-27-18(24)4-2/h3-4,13-16,19-22H,1-2,5-12H2. The van der Waals surface area contributed by atoms with Crippen LogP contribution >= 0.6 is 0 Å². The van der Waals surface area contributed by atoms with Crippen molar-refractivity contribution in [1.82, 2.24) is 0 Å². The van der Waals surface area contributed by atoms with Crippen LogP contribution in [0.3, 0.4) is 0 Å². The van der Waals surface area contributed by atoms with E-state index in [0.29, 0.717) is 0 Å². The van der Waals surface area contributed by atoms with Gasteiger partial charge in [0.05, 0.1) is 37.6 Å². The lowest BCUT2D eigenvalue weighted by atomic mass is 10.1. The van der Waals surface area contributed by atoms with Crippen LogP contribution < -0.4 is 0 Å². The lowest BCUT2D eigenvalue weighted by Crippen LogP contribution is -2.25. The van der Waals surface area contributed by atoms with Gasteiger partial charge in [0, 0.05) is 12.2 Å². The fraction of sp³-hybridized carbons (Fsp3) is 0.667. The van der Waals surface area contributed by atoms with E-state index in [1.54, 1.807) is 0 Å². The van der Waals surface area contributed by atoms with E-state index >= 15 is 0 Å². The van der Waals surface area contributed by atoms with Crippen LogP contribution in [0.5, 0.6) is 0 Å². The zero-order valence-corrected chi connectivity index (χ0v) is 15.4. The van der Waals surface area contributed by atoms with Crippen molar-refractivity contribution >= 4 is 11.9 Å². The smallest absolute Gasteiger partial charge is 0.330 e. The maximum absolute atomic E-state index is 10.8. The number of hydrogen-bond acceptors (Lipinski definition) is 9. The lowest BCUT2D eigenvalue weighted by Gasteiger charge is -2.17. The highest BCUT2D eigenvalue weighted by atomic mass is 16.5. The average molecular weight is 390 g/mol. The maximum Gasteiger partial charge on any atom is 0.330 e. The van der Waals surface area contributed by atoms with Crippen LogP contribution in [0.25, 0.3) is 0 Å². The highest BCUT2D eigenvalue weighted by Gasteiger charge is 2.14. The fourth-order valence-electron chi connectivity index (χ4n) is 1.92. The van der Waals surface area contributed by atoms with E-state index < -0.39 is 36.4 Å². The van der Waals surface area contributed by atoms with E-state index in [4.69, 9.17) is 4.74 Å². The van der Waals surface area contributed by atoms with Crippen LogP contribution in [0.15, 0.2) is 25.3 Å². The van der Waals surface area contributed by atoms with Crippen LogP contribution in [0.2, 0.25) is 0 Å². The van der Waals surface area contributed by atoms with Crippen molar-refractivity contribution in [3.8, 4) is 0 Å². The first-order valence-electron chi connectivity index (χ1n) is 8.66. The molecule has 0 aromatic carbocycles. The summed E-state index contributed by atoms with van der Waals surface area (Å²) < 4.78 is 14.5. The third-order valence-corrected chi connectivity index (χ3v) is 3.46. The topological polar surface area (TPSA) is 143 Å². The molecule has 4 atom stereocenters. The third-order valence-electron chi connectivity index (χ3n) is 3.46. The fourth-order valence-corrected chi connectivity index (χ4v) is 1.92. The Labute approximate surface area is 158 Å². The molecule has 0 fully saturated rings. The van der Waals surface area contributed by atoms with Crippen molar-refractivity contribution in [2.45, 2.75) is 50.1 Å². The minimum atomic E-state index is -0.897.